The molecule has 2 aromatic heterocycles. The molecule has 2 aliphatic rings. The first-order valence-corrected chi connectivity index (χ1v) is 10.2. The molecule has 1 saturated heterocycles. The molecule has 0 bridgehead atoms. The molecular weight excluding hydrogens is 352 g/mol. The van der Waals surface area contributed by atoms with Gasteiger partial charge in [0.15, 0.2) is 0 Å². The fourth-order valence-electron chi connectivity index (χ4n) is 3.99. The highest BCUT2D eigenvalue weighted by molar-refractivity contribution is 5.92. The highest BCUT2D eigenvalue weighted by Gasteiger charge is 2.29. The van der Waals surface area contributed by atoms with Crippen LogP contribution in [0.15, 0.2) is 12.3 Å². The van der Waals surface area contributed by atoms with Crippen LogP contribution in [0.3, 0.4) is 0 Å². The fourth-order valence-corrected chi connectivity index (χ4v) is 3.99. The standard InChI is InChI=1S/C21H30N6O/c1-21(2,3)18-11-17(24-25-18)20(28)27-9-5-14(6-10-27)19-22-12-15-13-26(4)8-7-16(15)23-19/h11-12,14H,5-10,13H2,1-4H3,(H,24,25). The van der Waals surface area contributed by atoms with Gasteiger partial charge in [-0.15, -0.1) is 0 Å². The number of carbonyl (C=O) groups is 1. The van der Waals surface area contributed by atoms with Gasteiger partial charge in [-0.3, -0.25) is 9.89 Å². The molecule has 1 amide bonds. The van der Waals surface area contributed by atoms with Crippen molar-refractivity contribution in [1.29, 1.82) is 0 Å². The minimum atomic E-state index is -0.0445. The van der Waals surface area contributed by atoms with Crippen molar-refractivity contribution in [1.82, 2.24) is 30.0 Å². The first-order valence-electron chi connectivity index (χ1n) is 10.2. The van der Waals surface area contributed by atoms with Gasteiger partial charge in [0.1, 0.15) is 11.5 Å². The number of hydrogen-bond donors (Lipinski definition) is 1. The van der Waals surface area contributed by atoms with Crippen LogP contribution in [0.5, 0.6) is 0 Å². The first-order chi connectivity index (χ1) is 13.3. The van der Waals surface area contributed by atoms with Crippen LogP contribution in [0.25, 0.3) is 0 Å². The van der Waals surface area contributed by atoms with Crippen molar-refractivity contribution in [3.05, 3.63) is 40.7 Å². The Kier molecular flexibility index (Phi) is 4.95. The molecule has 0 aromatic carbocycles. The van der Waals surface area contributed by atoms with Gasteiger partial charge < -0.3 is 9.80 Å². The molecule has 0 spiro atoms. The zero-order chi connectivity index (χ0) is 19.9. The Morgan fingerprint density at radius 3 is 2.64 bits per heavy atom. The topological polar surface area (TPSA) is 78.0 Å². The summed E-state index contributed by atoms with van der Waals surface area (Å²) in [5.41, 5.74) is 3.90. The lowest BCUT2D eigenvalue weighted by molar-refractivity contribution is 0.0705. The van der Waals surface area contributed by atoms with Gasteiger partial charge in [0.25, 0.3) is 5.91 Å². The summed E-state index contributed by atoms with van der Waals surface area (Å²) in [5, 5.41) is 7.26. The van der Waals surface area contributed by atoms with Gasteiger partial charge in [-0.1, -0.05) is 20.8 Å². The van der Waals surface area contributed by atoms with Crippen molar-refractivity contribution >= 4 is 5.91 Å². The molecule has 2 aliphatic heterocycles. The normalized spacial score (nSPS) is 18.9. The molecule has 0 unspecified atom stereocenters. The van der Waals surface area contributed by atoms with E-state index in [1.807, 2.05) is 17.2 Å². The Labute approximate surface area is 166 Å². The summed E-state index contributed by atoms with van der Waals surface area (Å²) in [6, 6.07) is 1.89. The highest BCUT2D eigenvalue weighted by Crippen LogP contribution is 2.28. The first kappa shape index (κ1) is 19.1. The maximum Gasteiger partial charge on any atom is 0.274 e. The summed E-state index contributed by atoms with van der Waals surface area (Å²) in [6.07, 6.45) is 4.80. The van der Waals surface area contributed by atoms with Crippen LogP contribution < -0.4 is 0 Å². The van der Waals surface area contributed by atoms with E-state index in [-0.39, 0.29) is 11.3 Å². The van der Waals surface area contributed by atoms with Crippen LogP contribution >= 0.6 is 0 Å². The molecular formula is C21H30N6O. The minimum absolute atomic E-state index is 0.0135. The van der Waals surface area contributed by atoms with Gasteiger partial charge in [-0.25, -0.2) is 9.97 Å². The smallest absolute Gasteiger partial charge is 0.274 e. The second kappa shape index (κ2) is 7.28. The van der Waals surface area contributed by atoms with E-state index >= 15 is 0 Å². The maximum atomic E-state index is 12.8. The molecule has 150 valence electrons. The molecule has 7 nitrogen and oxygen atoms in total. The van der Waals surface area contributed by atoms with Crippen LogP contribution in [0.1, 0.15) is 72.8 Å². The second-order valence-electron chi connectivity index (χ2n) is 9.17. The molecule has 28 heavy (non-hydrogen) atoms. The second-order valence-corrected chi connectivity index (χ2v) is 9.17. The average molecular weight is 383 g/mol. The number of H-pyrrole nitrogens is 1. The summed E-state index contributed by atoms with van der Waals surface area (Å²) in [7, 11) is 2.13. The number of aromatic amines is 1. The fraction of sp³-hybridized carbons (Fsp3) is 0.619. The van der Waals surface area contributed by atoms with Crippen molar-refractivity contribution in [2.45, 2.75) is 57.9 Å². The number of likely N-dealkylation sites (tertiary alicyclic amines) is 1. The highest BCUT2D eigenvalue weighted by atomic mass is 16.2. The van der Waals surface area contributed by atoms with Crippen molar-refractivity contribution in [3.63, 3.8) is 0 Å². The quantitative estimate of drug-likeness (QED) is 0.863. The number of nitrogens with zero attached hydrogens (tertiary/aromatic N) is 5. The Hall–Kier alpha value is -2.28. The van der Waals surface area contributed by atoms with E-state index in [9.17, 15) is 4.79 Å². The summed E-state index contributed by atoms with van der Waals surface area (Å²) in [5.74, 6) is 1.29. The number of aromatic nitrogens is 4. The van der Waals surface area contributed by atoms with Crippen LogP contribution in [0.4, 0.5) is 0 Å². The van der Waals surface area contributed by atoms with Crippen molar-refractivity contribution in [2.75, 3.05) is 26.7 Å². The molecule has 1 N–H and O–H groups in total. The van der Waals surface area contributed by atoms with Crippen LogP contribution in [0.2, 0.25) is 0 Å². The van der Waals surface area contributed by atoms with Crippen LogP contribution in [-0.4, -0.2) is 62.6 Å². The molecule has 0 atom stereocenters. The van der Waals surface area contributed by atoms with Crippen molar-refractivity contribution in [2.24, 2.45) is 0 Å². The lowest BCUT2D eigenvalue weighted by Crippen LogP contribution is -2.38. The van der Waals surface area contributed by atoms with E-state index in [4.69, 9.17) is 4.98 Å². The van der Waals surface area contributed by atoms with Gasteiger partial charge in [-0.05, 0) is 26.0 Å². The van der Waals surface area contributed by atoms with Gasteiger partial charge in [-0.2, -0.15) is 5.10 Å². The molecule has 4 heterocycles. The third kappa shape index (κ3) is 3.81. The summed E-state index contributed by atoms with van der Waals surface area (Å²) in [6.45, 7) is 9.76. The number of piperidine rings is 1. The number of amides is 1. The molecule has 1 fully saturated rings. The number of carbonyl (C=O) groups excluding carboxylic acids is 1. The van der Waals surface area contributed by atoms with Gasteiger partial charge in [0, 0.05) is 67.1 Å². The predicted molar refractivity (Wildman–Crippen MR) is 107 cm³/mol. The third-order valence-electron chi connectivity index (χ3n) is 5.90. The van der Waals surface area contributed by atoms with Crippen LogP contribution in [-0.2, 0) is 18.4 Å². The predicted octanol–water partition coefficient (Wildman–Crippen LogP) is 2.50. The molecule has 4 rings (SSSR count). The Balaban J connectivity index is 1.39. The van der Waals surface area contributed by atoms with E-state index in [1.54, 1.807) is 0 Å². The van der Waals surface area contributed by atoms with E-state index in [0.717, 1.165) is 57.0 Å². The van der Waals surface area contributed by atoms with E-state index in [0.29, 0.717) is 11.6 Å². The molecule has 0 radical (unpaired) electrons. The Morgan fingerprint density at radius 1 is 1.21 bits per heavy atom. The summed E-state index contributed by atoms with van der Waals surface area (Å²) in [4.78, 5) is 26.5. The molecule has 7 heteroatoms. The lowest BCUT2D eigenvalue weighted by atomic mass is 9.92. The monoisotopic (exact) mass is 382 g/mol. The van der Waals surface area contributed by atoms with E-state index < -0.39 is 0 Å². The summed E-state index contributed by atoms with van der Waals surface area (Å²) < 4.78 is 0. The Bertz CT molecular complexity index is 860. The van der Waals surface area contributed by atoms with Gasteiger partial charge in [0.05, 0.1) is 0 Å². The maximum absolute atomic E-state index is 12.8. The molecule has 2 aromatic rings. The third-order valence-corrected chi connectivity index (χ3v) is 5.90. The number of rotatable bonds is 2. The zero-order valence-corrected chi connectivity index (χ0v) is 17.3. The minimum Gasteiger partial charge on any atom is -0.337 e. The van der Waals surface area contributed by atoms with Crippen molar-refractivity contribution < 1.29 is 4.79 Å². The lowest BCUT2D eigenvalue weighted by Gasteiger charge is -2.31. The van der Waals surface area contributed by atoms with E-state index in [1.165, 1.54) is 11.3 Å². The average Bonchev–Trinajstić information content (AvgIpc) is 3.18. The summed E-state index contributed by atoms with van der Waals surface area (Å²) >= 11 is 0. The molecule has 0 aliphatic carbocycles. The van der Waals surface area contributed by atoms with Gasteiger partial charge in [0.2, 0.25) is 0 Å². The number of fused-ring (bicyclic) bond motifs is 1. The number of nitrogens with one attached hydrogen (secondary N) is 1. The molecule has 0 saturated carbocycles. The van der Waals surface area contributed by atoms with E-state index in [2.05, 4.69) is 47.9 Å². The Morgan fingerprint density at radius 2 is 1.96 bits per heavy atom. The number of likely N-dealkylation sites (N-methyl/N-ethyl adjacent to an activating group) is 1. The SMILES string of the molecule is CN1CCc2nc(C3CCN(C(=O)c4cc(C(C)(C)C)[nH]n4)CC3)ncc2C1. The number of hydrogen-bond acceptors (Lipinski definition) is 5. The largest absolute Gasteiger partial charge is 0.337 e. The zero-order valence-electron chi connectivity index (χ0n) is 17.3. The van der Waals surface area contributed by atoms with Gasteiger partial charge >= 0.3 is 0 Å². The van der Waals surface area contributed by atoms with Crippen LogP contribution in [0, 0.1) is 0 Å². The van der Waals surface area contributed by atoms with Crippen molar-refractivity contribution in [3.8, 4) is 0 Å².